The van der Waals surface area contributed by atoms with Crippen molar-refractivity contribution in [3.05, 3.63) is 65.9 Å². The first-order chi connectivity index (χ1) is 25.4. The minimum Gasteiger partial charge on any atom is -0.471 e. The first kappa shape index (κ1) is 36.1. The van der Waals surface area contributed by atoms with E-state index in [2.05, 4.69) is 31.2 Å². The van der Waals surface area contributed by atoms with Crippen LogP contribution in [0.5, 0.6) is 5.88 Å². The molecule has 5 aromatic rings. The Bertz CT molecular complexity index is 2290. The summed E-state index contributed by atoms with van der Waals surface area (Å²) in [5, 5.41) is 17.9. The van der Waals surface area contributed by atoms with Crippen LogP contribution in [0.15, 0.2) is 48.7 Å². The predicted octanol–water partition coefficient (Wildman–Crippen LogP) is 7.32. The number of carbonyl (C=O) groups is 1. The minimum absolute atomic E-state index is 0.0143. The van der Waals surface area contributed by atoms with Crippen LogP contribution in [0.2, 0.25) is 0 Å². The molecule has 16 heteroatoms. The quantitative estimate of drug-likeness (QED) is 0.120. The lowest BCUT2D eigenvalue weighted by molar-refractivity contribution is -0.137. The van der Waals surface area contributed by atoms with Crippen molar-refractivity contribution in [1.82, 2.24) is 34.8 Å². The molecular formula is C37H34F6N8O2. The van der Waals surface area contributed by atoms with Gasteiger partial charge in [-0.1, -0.05) is 5.21 Å². The van der Waals surface area contributed by atoms with E-state index in [1.807, 2.05) is 14.0 Å². The van der Waals surface area contributed by atoms with Gasteiger partial charge in [-0.25, -0.2) is 22.8 Å². The van der Waals surface area contributed by atoms with E-state index in [9.17, 15) is 18.8 Å². The first-order valence-electron chi connectivity index (χ1n) is 17.2. The van der Waals surface area contributed by atoms with Crippen LogP contribution < -0.4 is 4.74 Å². The molecule has 5 heterocycles. The second kappa shape index (κ2) is 14.3. The van der Waals surface area contributed by atoms with E-state index < -0.39 is 65.2 Å². The highest BCUT2D eigenvalue weighted by atomic mass is 19.4. The lowest BCUT2D eigenvalue weighted by Crippen LogP contribution is -2.46. The van der Waals surface area contributed by atoms with Gasteiger partial charge >= 0.3 is 6.18 Å². The van der Waals surface area contributed by atoms with Gasteiger partial charge in [0.25, 0.3) is 0 Å². The number of pyridine rings is 2. The molecule has 3 aromatic heterocycles. The molecule has 276 valence electrons. The number of aromatic nitrogens is 5. The SMILES string of the molecule is C[C@H](Oc1nc2c(F)c(-c3ccc(F)c4cccnc34)c(C(F)(F)F)cc2c2c1nnn2[C@H]1CCN(C(=O)/C=C/CF)C(CC#N)C1)[C@@H]1CCCN1C. The van der Waals surface area contributed by atoms with Gasteiger partial charge in [0.05, 0.1) is 29.6 Å². The summed E-state index contributed by atoms with van der Waals surface area (Å²) in [7, 11) is 1.95. The number of nitrogens with zero attached hydrogens (tertiary/aromatic N) is 8. The smallest absolute Gasteiger partial charge is 0.417 e. The number of likely N-dealkylation sites (tertiary alicyclic amines) is 2. The Balaban J connectivity index is 1.46. The van der Waals surface area contributed by atoms with Crippen LogP contribution in [0.3, 0.4) is 0 Å². The van der Waals surface area contributed by atoms with Gasteiger partial charge in [0.2, 0.25) is 11.8 Å². The van der Waals surface area contributed by atoms with E-state index in [4.69, 9.17) is 4.74 Å². The van der Waals surface area contributed by atoms with Gasteiger partial charge in [0, 0.05) is 52.8 Å². The number of allylic oxidation sites excluding steroid dienone is 1. The maximum absolute atomic E-state index is 17.2. The van der Waals surface area contributed by atoms with Gasteiger partial charge in [0.1, 0.15) is 29.6 Å². The summed E-state index contributed by atoms with van der Waals surface area (Å²) in [6.45, 7) is 1.95. The van der Waals surface area contributed by atoms with E-state index in [0.717, 1.165) is 49.7 Å². The number of alkyl halides is 4. The lowest BCUT2D eigenvalue weighted by Gasteiger charge is -2.38. The number of amides is 1. The van der Waals surface area contributed by atoms with Crippen LogP contribution in [0.25, 0.3) is 44.0 Å². The third-order valence-corrected chi connectivity index (χ3v) is 10.3. The molecule has 2 aliphatic heterocycles. The Hall–Kier alpha value is -5.30. The number of fused-ring (bicyclic) bond motifs is 4. The molecule has 0 aliphatic carbocycles. The second-order valence-corrected chi connectivity index (χ2v) is 13.4. The van der Waals surface area contributed by atoms with Crippen LogP contribution in [-0.4, -0.2) is 85.7 Å². The molecule has 7 rings (SSSR count). The number of hydrogen-bond acceptors (Lipinski definition) is 8. The Morgan fingerprint density at radius 1 is 1.13 bits per heavy atom. The maximum atomic E-state index is 17.2. The summed E-state index contributed by atoms with van der Waals surface area (Å²) in [5.74, 6) is -2.66. The Morgan fingerprint density at radius 2 is 1.94 bits per heavy atom. The van der Waals surface area contributed by atoms with E-state index >= 15 is 17.6 Å². The van der Waals surface area contributed by atoms with Crippen LogP contribution in [0.4, 0.5) is 26.3 Å². The highest BCUT2D eigenvalue weighted by Crippen LogP contribution is 2.46. The van der Waals surface area contributed by atoms with E-state index in [1.54, 1.807) is 0 Å². The van der Waals surface area contributed by atoms with Gasteiger partial charge in [-0.05, 0) is 82.6 Å². The zero-order valence-electron chi connectivity index (χ0n) is 28.7. The Labute approximate surface area is 299 Å². The highest BCUT2D eigenvalue weighted by molar-refractivity contribution is 6.07. The minimum atomic E-state index is -5.09. The highest BCUT2D eigenvalue weighted by Gasteiger charge is 2.40. The van der Waals surface area contributed by atoms with Crippen LogP contribution in [-0.2, 0) is 11.0 Å². The first-order valence-corrected chi connectivity index (χ1v) is 17.2. The molecular weight excluding hydrogens is 702 g/mol. The molecule has 10 nitrogen and oxygen atoms in total. The van der Waals surface area contributed by atoms with Crippen molar-refractivity contribution in [3.8, 4) is 23.1 Å². The number of rotatable bonds is 8. The molecule has 53 heavy (non-hydrogen) atoms. The summed E-state index contributed by atoms with van der Waals surface area (Å²) in [4.78, 5) is 25.0. The number of nitriles is 1. The molecule has 0 spiro atoms. The fourth-order valence-corrected chi connectivity index (χ4v) is 7.80. The maximum Gasteiger partial charge on any atom is 0.417 e. The number of benzene rings is 2. The van der Waals surface area contributed by atoms with Crippen molar-refractivity contribution < 1.29 is 35.9 Å². The number of carbonyl (C=O) groups excluding carboxylic acids is 1. The molecule has 0 saturated carbocycles. The lowest BCUT2D eigenvalue weighted by atomic mass is 9.93. The van der Waals surface area contributed by atoms with Crippen molar-refractivity contribution in [3.63, 3.8) is 0 Å². The number of likely N-dealkylation sites (N-methyl/N-ethyl adjacent to an activating group) is 1. The van der Waals surface area contributed by atoms with Crippen molar-refractivity contribution in [2.24, 2.45) is 0 Å². The third-order valence-electron chi connectivity index (χ3n) is 10.3. The number of piperidine rings is 1. The van der Waals surface area contributed by atoms with Crippen molar-refractivity contribution in [2.75, 3.05) is 26.8 Å². The molecule has 2 aromatic carbocycles. The summed E-state index contributed by atoms with van der Waals surface area (Å²) in [6.07, 6.45) is -0.0324. The zero-order chi connectivity index (χ0) is 37.6. The fourth-order valence-electron chi connectivity index (χ4n) is 7.80. The molecule has 0 N–H and O–H groups in total. The van der Waals surface area contributed by atoms with E-state index in [1.165, 1.54) is 27.9 Å². The standard InChI is InChI=1S/C37H34F6N8O2/c1-20(28-7-5-16-49(28)2)53-36-34-35(51(48-47-34)22-12-17-50(21(18-22)11-14-44)29(52)8-3-13-38)25-19-26(37(41,42)43)30(31(40)33(25)46-36)24-9-10-27(39)23-6-4-15-45-32(23)24/h3-4,6,8-10,15,19-22,28H,5,7,11-13,16-18H2,1-2H3/b8-3+/t20-,21?,22-,28-/m0/s1. The van der Waals surface area contributed by atoms with Crippen LogP contribution in [0, 0.1) is 23.0 Å². The van der Waals surface area contributed by atoms with Crippen LogP contribution in [0.1, 0.15) is 50.6 Å². The molecule has 0 radical (unpaired) electrons. The van der Waals surface area contributed by atoms with Gasteiger partial charge < -0.3 is 9.64 Å². The monoisotopic (exact) mass is 736 g/mol. The fraction of sp³-hybridized carbons (Fsp3) is 0.405. The second-order valence-electron chi connectivity index (χ2n) is 13.4. The molecule has 2 fully saturated rings. The van der Waals surface area contributed by atoms with Crippen molar-refractivity contribution in [1.29, 1.82) is 5.26 Å². The molecule has 1 unspecified atom stereocenters. The van der Waals surface area contributed by atoms with Crippen molar-refractivity contribution in [2.45, 2.75) is 69.4 Å². The number of halogens is 6. The summed E-state index contributed by atoms with van der Waals surface area (Å²) < 4.78 is 97.7. The van der Waals surface area contributed by atoms with Gasteiger partial charge in [-0.2, -0.15) is 18.4 Å². The largest absolute Gasteiger partial charge is 0.471 e. The molecule has 4 atom stereocenters. The van der Waals surface area contributed by atoms with Gasteiger partial charge in [-0.3, -0.25) is 14.7 Å². The van der Waals surface area contributed by atoms with Gasteiger partial charge in [0.15, 0.2) is 11.3 Å². The third kappa shape index (κ3) is 6.51. The normalized spacial score (nSPS) is 20.5. The Kier molecular flexibility index (Phi) is 9.71. The average Bonchev–Trinajstić information content (AvgIpc) is 3.78. The molecule has 2 aliphatic rings. The zero-order valence-corrected chi connectivity index (χ0v) is 28.7. The van der Waals surface area contributed by atoms with Crippen molar-refractivity contribution >= 4 is 38.7 Å². The van der Waals surface area contributed by atoms with E-state index in [-0.39, 0.29) is 70.6 Å². The van der Waals surface area contributed by atoms with Gasteiger partial charge in [-0.15, -0.1) is 5.10 Å². The van der Waals surface area contributed by atoms with E-state index in [0.29, 0.717) is 0 Å². The molecule has 2 saturated heterocycles. The number of ether oxygens (including phenoxy) is 1. The summed E-state index contributed by atoms with van der Waals surface area (Å²) in [5.41, 5.74) is -3.02. The summed E-state index contributed by atoms with van der Waals surface area (Å²) >= 11 is 0. The number of hydrogen-bond donors (Lipinski definition) is 0. The summed E-state index contributed by atoms with van der Waals surface area (Å²) in [6, 6.07) is 6.43. The predicted molar refractivity (Wildman–Crippen MR) is 183 cm³/mol. The Morgan fingerprint density at radius 3 is 2.66 bits per heavy atom. The average molecular weight is 737 g/mol. The van der Waals surface area contributed by atoms with Crippen LogP contribution >= 0.6 is 0 Å². The molecule has 0 bridgehead atoms. The topological polar surface area (TPSA) is 113 Å². The molecule has 1 amide bonds.